The number of aryl methyl sites for hydroxylation is 1. The molecule has 22 heavy (non-hydrogen) atoms. The number of nitro benzene ring substituents is 1. The standard InChI is InChI=1S/C15H13BrN2O4/c1-10-2-7-14(13(16)8-10)17-15(19)9-22-12-5-3-11(4-6-12)18(20)21/h2-8H,9H2,1H3,(H,17,19). The summed E-state index contributed by atoms with van der Waals surface area (Å²) >= 11 is 3.37. The molecule has 6 nitrogen and oxygen atoms in total. The van der Waals surface area contributed by atoms with Gasteiger partial charge in [-0.25, -0.2) is 0 Å². The van der Waals surface area contributed by atoms with E-state index in [2.05, 4.69) is 21.2 Å². The molecular formula is C15H13BrN2O4. The molecule has 1 amide bonds. The van der Waals surface area contributed by atoms with Gasteiger partial charge in [0.15, 0.2) is 6.61 Å². The van der Waals surface area contributed by atoms with Crippen molar-refractivity contribution in [3.8, 4) is 5.75 Å². The minimum Gasteiger partial charge on any atom is -0.484 e. The highest BCUT2D eigenvalue weighted by molar-refractivity contribution is 9.10. The van der Waals surface area contributed by atoms with E-state index in [1.807, 2.05) is 19.1 Å². The second-order valence-corrected chi connectivity index (χ2v) is 5.43. The largest absolute Gasteiger partial charge is 0.484 e. The molecule has 0 heterocycles. The molecule has 2 rings (SSSR count). The number of nitrogens with one attached hydrogen (secondary N) is 1. The van der Waals surface area contributed by atoms with Crippen molar-refractivity contribution >= 4 is 33.2 Å². The number of nitro groups is 1. The van der Waals surface area contributed by atoms with E-state index in [0.29, 0.717) is 11.4 Å². The van der Waals surface area contributed by atoms with Gasteiger partial charge in [0.1, 0.15) is 5.75 Å². The topological polar surface area (TPSA) is 81.5 Å². The molecule has 0 aliphatic heterocycles. The first-order chi connectivity index (χ1) is 10.5. The van der Waals surface area contributed by atoms with Crippen LogP contribution in [0.5, 0.6) is 5.75 Å². The molecule has 0 unspecified atom stereocenters. The minimum absolute atomic E-state index is 0.0274. The van der Waals surface area contributed by atoms with Crippen molar-refractivity contribution < 1.29 is 14.5 Å². The lowest BCUT2D eigenvalue weighted by Gasteiger charge is -2.09. The maximum Gasteiger partial charge on any atom is 0.269 e. The molecular weight excluding hydrogens is 352 g/mol. The Kier molecular flexibility index (Phi) is 5.11. The van der Waals surface area contributed by atoms with Gasteiger partial charge in [0, 0.05) is 16.6 Å². The SMILES string of the molecule is Cc1ccc(NC(=O)COc2ccc([N+](=O)[O-])cc2)c(Br)c1. The first-order valence-electron chi connectivity index (χ1n) is 6.39. The van der Waals surface area contributed by atoms with Crippen LogP contribution in [0.25, 0.3) is 0 Å². The second-order valence-electron chi connectivity index (χ2n) is 4.57. The summed E-state index contributed by atoms with van der Waals surface area (Å²) in [5, 5.41) is 13.3. The zero-order chi connectivity index (χ0) is 16.1. The molecule has 0 aliphatic rings. The fraction of sp³-hybridized carbons (Fsp3) is 0.133. The Morgan fingerprint density at radius 3 is 2.55 bits per heavy atom. The number of hydrogen-bond acceptors (Lipinski definition) is 4. The highest BCUT2D eigenvalue weighted by Gasteiger charge is 2.08. The van der Waals surface area contributed by atoms with Gasteiger partial charge in [-0.2, -0.15) is 0 Å². The Morgan fingerprint density at radius 1 is 1.27 bits per heavy atom. The number of halogens is 1. The van der Waals surface area contributed by atoms with Crippen LogP contribution in [-0.4, -0.2) is 17.4 Å². The molecule has 0 spiro atoms. The Labute approximate surface area is 135 Å². The van der Waals surface area contributed by atoms with Crippen LogP contribution in [0.4, 0.5) is 11.4 Å². The van der Waals surface area contributed by atoms with Gasteiger partial charge in [0.2, 0.25) is 0 Å². The number of non-ortho nitro benzene ring substituents is 1. The number of amides is 1. The van der Waals surface area contributed by atoms with Crippen molar-refractivity contribution in [1.82, 2.24) is 0 Å². The van der Waals surface area contributed by atoms with Crippen LogP contribution in [0, 0.1) is 17.0 Å². The lowest BCUT2D eigenvalue weighted by Crippen LogP contribution is -2.20. The summed E-state index contributed by atoms with van der Waals surface area (Å²) in [5.41, 5.74) is 1.70. The van der Waals surface area contributed by atoms with Crippen LogP contribution in [0.3, 0.4) is 0 Å². The van der Waals surface area contributed by atoms with Crippen molar-refractivity contribution in [2.75, 3.05) is 11.9 Å². The third-order valence-electron chi connectivity index (χ3n) is 2.82. The average Bonchev–Trinajstić information content (AvgIpc) is 2.48. The van der Waals surface area contributed by atoms with Crippen molar-refractivity contribution in [2.45, 2.75) is 6.92 Å². The Bertz CT molecular complexity index is 701. The minimum atomic E-state index is -0.495. The van der Waals surface area contributed by atoms with E-state index in [9.17, 15) is 14.9 Å². The third kappa shape index (κ3) is 4.29. The van der Waals surface area contributed by atoms with Gasteiger partial charge in [0.05, 0.1) is 10.6 Å². The van der Waals surface area contributed by atoms with Crippen LogP contribution in [-0.2, 0) is 4.79 Å². The summed E-state index contributed by atoms with van der Waals surface area (Å²) < 4.78 is 6.08. The Balaban J connectivity index is 1.91. The summed E-state index contributed by atoms with van der Waals surface area (Å²) in [4.78, 5) is 21.9. The molecule has 0 bridgehead atoms. The molecule has 0 fully saturated rings. The maximum absolute atomic E-state index is 11.8. The molecule has 0 saturated heterocycles. The van der Waals surface area contributed by atoms with Gasteiger partial charge in [0.25, 0.3) is 11.6 Å². The molecule has 1 N–H and O–H groups in total. The smallest absolute Gasteiger partial charge is 0.269 e. The van der Waals surface area contributed by atoms with Crippen LogP contribution in [0.1, 0.15) is 5.56 Å². The van der Waals surface area contributed by atoms with Gasteiger partial charge in [-0.1, -0.05) is 6.07 Å². The molecule has 0 saturated carbocycles. The van der Waals surface area contributed by atoms with Gasteiger partial charge >= 0.3 is 0 Å². The van der Waals surface area contributed by atoms with E-state index in [0.717, 1.165) is 10.0 Å². The maximum atomic E-state index is 11.8. The average molecular weight is 365 g/mol. The van der Waals surface area contributed by atoms with E-state index < -0.39 is 4.92 Å². The van der Waals surface area contributed by atoms with E-state index in [1.54, 1.807) is 6.07 Å². The highest BCUT2D eigenvalue weighted by atomic mass is 79.9. The molecule has 0 aliphatic carbocycles. The fourth-order valence-electron chi connectivity index (χ4n) is 1.72. The van der Waals surface area contributed by atoms with E-state index in [1.165, 1.54) is 24.3 Å². The number of hydrogen-bond donors (Lipinski definition) is 1. The molecule has 0 aromatic heterocycles. The molecule has 2 aromatic rings. The Hall–Kier alpha value is -2.41. The number of anilines is 1. The van der Waals surface area contributed by atoms with Gasteiger partial charge in [-0.15, -0.1) is 0 Å². The van der Waals surface area contributed by atoms with E-state index >= 15 is 0 Å². The predicted molar refractivity (Wildman–Crippen MR) is 86.1 cm³/mol. The summed E-state index contributed by atoms with van der Waals surface area (Å²) in [6.07, 6.45) is 0. The predicted octanol–water partition coefficient (Wildman–Crippen LogP) is 3.68. The summed E-state index contributed by atoms with van der Waals surface area (Å²) in [7, 11) is 0. The zero-order valence-corrected chi connectivity index (χ0v) is 13.3. The lowest BCUT2D eigenvalue weighted by molar-refractivity contribution is -0.384. The van der Waals surface area contributed by atoms with Crippen molar-refractivity contribution in [1.29, 1.82) is 0 Å². The number of carbonyl (C=O) groups excluding carboxylic acids is 1. The van der Waals surface area contributed by atoms with E-state index in [4.69, 9.17) is 4.74 Å². The normalized spacial score (nSPS) is 10.1. The third-order valence-corrected chi connectivity index (χ3v) is 3.47. The summed E-state index contributed by atoms with van der Waals surface area (Å²) in [5.74, 6) is 0.0756. The first-order valence-corrected chi connectivity index (χ1v) is 7.18. The van der Waals surface area contributed by atoms with Crippen LogP contribution < -0.4 is 10.1 Å². The molecule has 114 valence electrons. The number of benzene rings is 2. The first kappa shape index (κ1) is 16.0. The number of ether oxygens (including phenoxy) is 1. The lowest BCUT2D eigenvalue weighted by atomic mass is 10.2. The van der Waals surface area contributed by atoms with Gasteiger partial charge in [-0.05, 0) is 52.7 Å². The zero-order valence-electron chi connectivity index (χ0n) is 11.7. The molecule has 0 atom stereocenters. The van der Waals surface area contributed by atoms with Crippen molar-refractivity contribution in [3.63, 3.8) is 0 Å². The van der Waals surface area contributed by atoms with Gasteiger partial charge in [-0.3, -0.25) is 14.9 Å². The van der Waals surface area contributed by atoms with Crippen LogP contribution in [0.15, 0.2) is 46.9 Å². The molecule has 2 aromatic carbocycles. The number of rotatable bonds is 5. The van der Waals surface area contributed by atoms with Crippen LogP contribution >= 0.6 is 15.9 Å². The molecule has 0 radical (unpaired) electrons. The summed E-state index contributed by atoms with van der Waals surface area (Å²) in [6, 6.07) is 11.1. The Morgan fingerprint density at radius 2 is 1.95 bits per heavy atom. The second kappa shape index (κ2) is 7.04. The van der Waals surface area contributed by atoms with Crippen molar-refractivity contribution in [2.24, 2.45) is 0 Å². The fourth-order valence-corrected chi connectivity index (χ4v) is 2.31. The quantitative estimate of drug-likeness (QED) is 0.647. The molecule has 7 heteroatoms. The van der Waals surface area contributed by atoms with Crippen LogP contribution in [0.2, 0.25) is 0 Å². The number of carbonyl (C=O) groups is 1. The van der Waals surface area contributed by atoms with Gasteiger partial charge < -0.3 is 10.1 Å². The van der Waals surface area contributed by atoms with E-state index in [-0.39, 0.29) is 18.2 Å². The number of nitrogens with zero attached hydrogens (tertiary/aromatic N) is 1. The highest BCUT2D eigenvalue weighted by Crippen LogP contribution is 2.23. The summed E-state index contributed by atoms with van der Waals surface area (Å²) in [6.45, 7) is 1.77. The van der Waals surface area contributed by atoms with Crippen molar-refractivity contribution in [3.05, 3.63) is 62.6 Å². The monoisotopic (exact) mass is 364 g/mol.